The summed E-state index contributed by atoms with van der Waals surface area (Å²) in [5.41, 5.74) is 6.23. The van der Waals surface area contributed by atoms with Crippen LogP contribution < -0.4 is 5.73 Å². The van der Waals surface area contributed by atoms with Gasteiger partial charge in [0.1, 0.15) is 9.71 Å². The number of carbonyl (C=O) groups excluding carboxylic acids is 1. The maximum atomic E-state index is 11.3. The molecular formula is C14H13N3O2S. The molecule has 0 saturated carbocycles. The van der Waals surface area contributed by atoms with Crippen molar-refractivity contribution in [2.24, 2.45) is 0 Å². The smallest absolute Gasteiger partial charge is 0.350 e. The molecule has 0 fully saturated rings. The summed E-state index contributed by atoms with van der Waals surface area (Å²) in [5.74, 6) is -0.412. The molecule has 0 amide bonds. The summed E-state index contributed by atoms with van der Waals surface area (Å²) in [6, 6.07) is 9.33. The summed E-state index contributed by atoms with van der Waals surface area (Å²) in [6.45, 7) is 0. The van der Waals surface area contributed by atoms with Gasteiger partial charge in [0.05, 0.1) is 12.8 Å². The van der Waals surface area contributed by atoms with Crippen molar-refractivity contribution in [2.75, 3.05) is 12.8 Å². The van der Waals surface area contributed by atoms with E-state index >= 15 is 0 Å². The molecule has 0 atom stereocenters. The highest BCUT2D eigenvalue weighted by Gasteiger charge is 2.16. The molecule has 3 aromatic rings. The first-order chi connectivity index (χ1) is 9.74. The minimum Gasteiger partial charge on any atom is -0.465 e. The summed E-state index contributed by atoms with van der Waals surface area (Å²) >= 11 is 1.25. The van der Waals surface area contributed by atoms with Crippen molar-refractivity contribution >= 4 is 33.2 Å². The molecule has 6 heteroatoms. The van der Waals surface area contributed by atoms with Gasteiger partial charge in [0.25, 0.3) is 0 Å². The van der Waals surface area contributed by atoms with E-state index in [9.17, 15) is 4.79 Å². The molecular weight excluding hydrogens is 274 g/mol. The van der Waals surface area contributed by atoms with E-state index in [0.29, 0.717) is 10.6 Å². The average molecular weight is 287 g/mol. The monoisotopic (exact) mass is 287 g/mol. The van der Waals surface area contributed by atoms with Crippen molar-refractivity contribution < 1.29 is 9.53 Å². The molecule has 0 radical (unpaired) electrons. The van der Waals surface area contributed by atoms with Crippen LogP contribution in [0.15, 0.2) is 48.9 Å². The maximum absolute atomic E-state index is 11.3. The predicted octanol–water partition coefficient (Wildman–Crippen LogP) is 2.75. The summed E-state index contributed by atoms with van der Waals surface area (Å²) < 4.78 is 4.61. The third-order valence-electron chi connectivity index (χ3n) is 2.44. The first-order valence-corrected chi connectivity index (χ1v) is 6.62. The zero-order chi connectivity index (χ0) is 14.4. The number of nitrogen functional groups attached to an aromatic ring is 1. The number of ether oxygens (including phenoxy) is 1. The predicted molar refractivity (Wildman–Crippen MR) is 79.6 cm³/mol. The molecule has 20 heavy (non-hydrogen) atoms. The number of pyridine rings is 2. The van der Waals surface area contributed by atoms with Crippen LogP contribution in [-0.4, -0.2) is 23.0 Å². The van der Waals surface area contributed by atoms with Crippen molar-refractivity contribution in [1.82, 2.24) is 9.97 Å². The van der Waals surface area contributed by atoms with Gasteiger partial charge >= 0.3 is 5.97 Å². The van der Waals surface area contributed by atoms with Crippen LogP contribution in [0.5, 0.6) is 0 Å². The summed E-state index contributed by atoms with van der Waals surface area (Å²) in [7, 11) is 1.33. The largest absolute Gasteiger partial charge is 0.465 e. The maximum Gasteiger partial charge on any atom is 0.350 e. The number of nitrogens with two attached hydrogens (primary N) is 1. The van der Waals surface area contributed by atoms with E-state index in [1.165, 1.54) is 18.4 Å². The molecule has 0 aliphatic rings. The van der Waals surface area contributed by atoms with Gasteiger partial charge < -0.3 is 10.5 Å². The van der Waals surface area contributed by atoms with Crippen LogP contribution >= 0.6 is 11.3 Å². The van der Waals surface area contributed by atoms with Gasteiger partial charge in [-0.3, -0.25) is 4.98 Å². The van der Waals surface area contributed by atoms with Crippen molar-refractivity contribution in [1.29, 1.82) is 0 Å². The van der Waals surface area contributed by atoms with E-state index in [0.717, 1.165) is 10.2 Å². The van der Waals surface area contributed by atoms with Crippen LogP contribution in [0.3, 0.4) is 0 Å². The van der Waals surface area contributed by atoms with Crippen molar-refractivity contribution in [3.05, 3.63) is 53.8 Å². The number of methoxy groups -OCH3 is 1. The van der Waals surface area contributed by atoms with Gasteiger partial charge in [0, 0.05) is 24.0 Å². The number of hydrogen-bond donors (Lipinski definition) is 1. The van der Waals surface area contributed by atoms with Crippen molar-refractivity contribution in [2.45, 2.75) is 0 Å². The number of hydrogen-bond acceptors (Lipinski definition) is 6. The van der Waals surface area contributed by atoms with Crippen LogP contribution in [-0.2, 0) is 4.74 Å². The molecule has 3 rings (SSSR count). The molecule has 0 aromatic carbocycles. The fourth-order valence-electron chi connectivity index (χ4n) is 1.51. The highest BCUT2D eigenvalue weighted by Crippen LogP contribution is 2.32. The first-order valence-electron chi connectivity index (χ1n) is 5.80. The minimum absolute atomic E-state index is 0.412. The fourth-order valence-corrected chi connectivity index (χ4v) is 2.49. The summed E-state index contributed by atoms with van der Waals surface area (Å²) in [6.07, 6.45) is 5.17. The van der Waals surface area contributed by atoms with Gasteiger partial charge in [0.15, 0.2) is 0 Å². The van der Waals surface area contributed by atoms with Gasteiger partial charge in [0.2, 0.25) is 0 Å². The van der Waals surface area contributed by atoms with Crippen LogP contribution in [0.1, 0.15) is 9.67 Å². The number of fused-ring (bicyclic) bond motifs is 1. The zero-order valence-corrected chi connectivity index (χ0v) is 11.6. The van der Waals surface area contributed by atoms with E-state index in [1.807, 2.05) is 24.3 Å². The lowest BCUT2D eigenvalue weighted by Gasteiger charge is -1.95. The van der Waals surface area contributed by atoms with Crippen LogP contribution in [0.25, 0.3) is 10.2 Å². The second-order valence-corrected chi connectivity index (χ2v) is 4.72. The zero-order valence-electron chi connectivity index (χ0n) is 10.8. The molecule has 0 aliphatic carbocycles. The Balaban J connectivity index is 0.000000205. The lowest BCUT2D eigenvalue weighted by Crippen LogP contribution is -2.01. The van der Waals surface area contributed by atoms with Gasteiger partial charge in [-0.2, -0.15) is 0 Å². The number of esters is 1. The number of thiophene rings is 1. The minimum atomic E-state index is -0.412. The summed E-state index contributed by atoms with van der Waals surface area (Å²) in [4.78, 5) is 20.4. The number of carbonyl (C=O) groups is 1. The Morgan fingerprint density at radius 1 is 1.20 bits per heavy atom. The van der Waals surface area contributed by atoms with Gasteiger partial charge in [-0.05, 0) is 24.3 Å². The number of aromatic nitrogens is 2. The molecule has 0 saturated heterocycles. The van der Waals surface area contributed by atoms with Crippen LogP contribution in [0, 0.1) is 0 Å². The van der Waals surface area contributed by atoms with E-state index < -0.39 is 5.97 Å². The SMILES string of the molecule is COC(=O)c1sc2ncccc2c1N.c1ccncc1. The molecule has 3 aromatic heterocycles. The molecule has 0 aliphatic heterocycles. The van der Waals surface area contributed by atoms with Gasteiger partial charge in [-0.15, -0.1) is 11.3 Å². The Morgan fingerprint density at radius 2 is 1.95 bits per heavy atom. The topological polar surface area (TPSA) is 78.1 Å². The van der Waals surface area contributed by atoms with Crippen LogP contribution in [0.2, 0.25) is 0 Å². The second kappa shape index (κ2) is 6.63. The van der Waals surface area contributed by atoms with Crippen molar-refractivity contribution in [3.8, 4) is 0 Å². The molecule has 2 N–H and O–H groups in total. The molecule has 0 bridgehead atoms. The van der Waals surface area contributed by atoms with E-state index in [-0.39, 0.29) is 0 Å². The molecule has 102 valence electrons. The number of anilines is 1. The number of nitrogens with zero attached hydrogens (tertiary/aromatic N) is 2. The lowest BCUT2D eigenvalue weighted by atomic mass is 10.3. The number of rotatable bonds is 1. The van der Waals surface area contributed by atoms with E-state index in [2.05, 4.69) is 14.7 Å². The fraction of sp³-hybridized carbons (Fsp3) is 0.0714. The third kappa shape index (κ3) is 3.10. The Kier molecular flexibility index (Phi) is 4.62. The molecule has 0 unspecified atom stereocenters. The average Bonchev–Trinajstić information content (AvgIpc) is 2.86. The Hall–Kier alpha value is -2.47. The lowest BCUT2D eigenvalue weighted by molar-refractivity contribution is 0.0607. The molecule has 3 heterocycles. The highest BCUT2D eigenvalue weighted by molar-refractivity contribution is 7.21. The Labute approximate surface area is 120 Å². The Morgan fingerprint density at radius 3 is 2.45 bits per heavy atom. The standard InChI is InChI=1S/C9H8N2O2S.C5H5N/c1-13-9(12)7-6(10)5-3-2-4-11-8(5)14-7;1-2-4-6-5-3-1/h2-4H,10H2,1H3;1-5H. The normalized spacial score (nSPS) is 9.65. The van der Waals surface area contributed by atoms with Gasteiger partial charge in [-0.25, -0.2) is 9.78 Å². The van der Waals surface area contributed by atoms with Gasteiger partial charge in [-0.1, -0.05) is 6.07 Å². The summed E-state index contributed by atoms with van der Waals surface area (Å²) in [5, 5.41) is 0.804. The van der Waals surface area contributed by atoms with E-state index in [4.69, 9.17) is 5.73 Å². The molecule has 5 nitrogen and oxygen atoms in total. The second-order valence-electron chi connectivity index (χ2n) is 3.72. The first kappa shape index (κ1) is 14.0. The van der Waals surface area contributed by atoms with Crippen molar-refractivity contribution in [3.63, 3.8) is 0 Å². The Bertz CT molecular complexity index is 671. The van der Waals surface area contributed by atoms with Crippen LogP contribution in [0.4, 0.5) is 5.69 Å². The van der Waals surface area contributed by atoms with E-state index in [1.54, 1.807) is 24.7 Å². The quantitative estimate of drug-likeness (QED) is 0.696. The highest BCUT2D eigenvalue weighted by atomic mass is 32.1. The third-order valence-corrected chi connectivity index (χ3v) is 3.55. The molecule has 0 spiro atoms.